The lowest BCUT2D eigenvalue weighted by atomic mass is 9.92. The van der Waals surface area contributed by atoms with Crippen molar-refractivity contribution in [3.63, 3.8) is 0 Å². The summed E-state index contributed by atoms with van der Waals surface area (Å²) in [6.45, 7) is 8.48. The SMILES string of the molecule is CNc1c(C(=N)C(C)C)cccc1C(C)C. The van der Waals surface area contributed by atoms with Crippen LogP contribution >= 0.6 is 0 Å². The van der Waals surface area contributed by atoms with Gasteiger partial charge in [0.1, 0.15) is 0 Å². The zero-order valence-corrected chi connectivity index (χ0v) is 10.9. The van der Waals surface area contributed by atoms with Crippen LogP contribution in [0.1, 0.15) is 44.7 Å². The lowest BCUT2D eigenvalue weighted by molar-refractivity contribution is 0.861. The van der Waals surface area contributed by atoms with Crippen LogP contribution in [0.5, 0.6) is 0 Å². The molecule has 0 fully saturated rings. The predicted octanol–water partition coefficient (Wildman–Crippen LogP) is 3.88. The van der Waals surface area contributed by atoms with Gasteiger partial charge in [-0.3, -0.25) is 0 Å². The van der Waals surface area contributed by atoms with E-state index >= 15 is 0 Å². The molecule has 0 unspecified atom stereocenters. The van der Waals surface area contributed by atoms with Crippen molar-refractivity contribution < 1.29 is 0 Å². The van der Waals surface area contributed by atoms with Gasteiger partial charge in [0.15, 0.2) is 0 Å². The van der Waals surface area contributed by atoms with Crippen molar-refractivity contribution in [1.29, 1.82) is 5.41 Å². The van der Waals surface area contributed by atoms with Gasteiger partial charge in [-0.25, -0.2) is 0 Å². The van der Waals surface area contributed by atoms with Crippen LogP contribution in [-0.2, 0) is 0 Å². The van der Waals surface area contributed by atoms with Gasteiger partial charge >= 0.3 is 0 Å². The van der Waals surface area contributed by atoms with Crippen molar-refractivity contribution >= 4 is 11.4 Å². The van der Waals surface area contributed by atoms with Gasteiger partial charge in [-0.05, 0) is 17.4 Å². The first-order valence-electron chi connectivity index (χ1n) is 5.88. The average Bonchev–Trinajstić information content (AvgIpc) is 2.26. The molecule has 2 heteroatoms. The van der Waals surface area contributed by atoms with Crippen LogP contribution in [0.4, 0.5) is 5.69 Å². The molecule has 0 aromatic heterocycles. The first kappa shape index (κ1) is 12.8. The molecule has 0 aliphatic rings. The monoisotopic (exact) mass is 218 g/mol. The highest BCUT2D eigenvalue weighted by Crippen LogP contribution is 2.28. The van der Waals surface area contributed by atoms with Crippen molar-refractivity contribution in [2.24, 2.45) is 5.92 Å². The summed E-state index contributed by atoms with van der Waals surface area (Å²) in [5.74, 6) is 0.733. The largest absolute Gasteiger partial charge is 0.387 e. The van der Waals surface area contributed by atoms with E-state index in [4.69, 9.17) is 5.41 Å². The summed E-state index contributed by atoms with van der Waals surface area (Å²) < 4.78 is 0. The fraction of sp³-hybridized carbons (Fsp3) is 0.500. The number of nitrogens with one attached hydrogen (secondary N) is 2. The van der Waals surface area contributed by atoms with Crippen molar-refractivity contribution in [2.45, 2.75) is 33.6 Å². The number of para-hydroxylation sites is 1. The molecule has 0 bridgehead atoms. The molecule has 2 N–H and O–H groups in total. The summed E-state index contributed by atoms with van der Waals surface area (Å²) in [4.78, 5) is 0. The molecular weight excluding hydrogens is 196 g/mol. The minimum atomic E-state index is 0.259. The molecule has 1 rings (SSSR count). The first-order chi connectivity index (χ1) is 7.49. The fourth-order valence-corrected chi connectivity index (χ4v) is 1.87. The topological polar surface area (TPSA) is 35.9 Å². The van der Waals surface area contributed by atoms with E-state index in [1.54, 1.807) is 0 Å². The standard InChI is InChI=1S/C14H22N2/c1-9(2)11-7-6-8-12(14(11)16-5)13(15)10(3)4/h6-10,15-16H,1-5H3. The number of benzene rings is 1. The fourth-order valence-electron chi connectivity index (χ4n) is 1.87. The Balaban J connectivity index is 3.29. The summed E-state index contributed by atoms with van der Waals surface area (Å²) in [7, 11) is 1.93. The summed E-state index contributed by atoms with van der Waals surface area (Å²) in [5.41, 5.74) is 4.12. The Bertz CT molecular complexity index is 378. The van der Waals surface area contributed by atoms with Gasteiger partial charge in [0, 0.05) is 24.0 Å². The molecule has 1 aromatic carbocycles. The second-order valence-corrected chi connectivity index (χ2v) is 4.74. The zero-order chi connectivity index (χ0) is 12.3. The van der Waals surface area contributed by atoms with Crippen molar-refractivity contribution in [2.75, 3.05) is 12.4 Å². The number of rotatable bonds is 4. The minimum Gasteiger partial charge on any atom is -0.387 e. The summed E-state index contributed by atoms with van der Waals surface area (Å²) >= 11 is 0. The molecule has 88 valence electrons. The predicted molar refractivity (Wildman–Crippen MR) is 71.7 cm³/mol. The number of hydrogen-bond acceptors (Lipinski definition) is 2. The Hall–Kier alpha value is -1.31. The molecule has 0 saturated heterocycles. The summed E-state index contributed by atoms with van der Waals surface area (Å²) in [5, 5.41) is 11.4. The molecule has 0 heterocycles. The Kier molecular flexibility index (Phi) is 4.11. The summed E-state index contributed by atoms with van der Waals surface area (Å²) in [6, 6.07) is 6.20. The lowest BCUT2D eigenvalue weighted by Gasteiger charge is -2.18. The van der Waals surface area contributed by atoms with Crippen molar-refractivity contribution in [1.82, 2.24) is 0 Å². The molecule has 0 atom stereocenters. The maximum Gasteiger partial charge on any atom is 0.0464 e. The maximum atomic E-state index is 8.13. The molecule has 0 spiro atoms. The first-order valence-corrected chi connectivity index (χ1v) is 5.88. The molecule has 16 heavy (non-hydrogen) atoms. The smallest absolute Gasteiger partial charge is 0.0464 e. The van der Waals surface area contributed by atoms with Crippen molar-refractivity contribution in [3.8, 4) is 0 Å². The summed E-state index contributed by atoms with van der Waals surface area (Å²) in [6.07, 6.45) is 0. The highest BCUT2D eigenvalue weighted by Gasteiger charge is 2.14. The average molecular weight is 218 g/mol. The molecule has 0 aliphatic carbocycles. The van der Waals surface area contributed by atoms with Gasteiger partial charge < -0.3 is 10.7 Å². The third-order valence-corrected chi connectivity index (χ3v) is 2.84. The van der Waals surface area contributed by atoms with E-state index in [1.165, 1.54) is 5.56 Å². The Morgan fingerprint density at radius 2 is 1.81 bits per heavy atom. The van der Waals surface area contributed by atoms with Gasteiger partial charge in [0.2, 0.25) is 0 Å². The van der Waals surface area contributed by atoms with Gasteiger partial charge in [-0.2, -0.15) is 0 Å². The van der Waals surface area contributed by atoms with Gasteiger partial charge in [0.05, 0.1) is 0 Å². The van der Waals surface area contributed by atoms with E-state index in [1.807, 2.05) is 19.2 Å². The second kappa shape index (κ2) is 5.15. The quantitative estimate of drug-likeness (QED) is 0.739. The van der Waals surface area contributed by atoms with E-state index in [9.17, 15) is 0 Å². The molecule has 1 aromatic rings. The van der Waals surface area contributed by atoms with Crippen LogP contribution < -0.4 is 5.32 Å². The van der Waals surface area contributed by atoms with Crippen LogP contribution in [0.2, 0.25) is 0 Å². The van der Waals surface area contributed by atoms with Crippen LogP contribution in [-0.4, -0.2) is 12.8 Å². The molecule has 2 nitrogen and oxygen atoms in total. The maximum absolute atomic E-state index is 8.13. The van der Waals surface area contributed by atoms with E-state index < -0.39 is 0 Å². The van der Waals surface area contributed by atoms with Crippen LogP contribution in [0.15, 0.2) is 18.2 Å². The lowest BCUT2D eigenvalue weighted by Crippen LogP contribution is -2.12. The third kappa shape index (κ3) is 2.43. The van der Waals surface area contributed by atoms with Crippen molar-refractivity contribution in [3.05, 3.63) is 29.3 Å². The molecule has 0 aliphatic heterocycles. The van der Waals surface area contributed by atoms with Gasteiger partial charge in [-0.1, -0.05) is 45.9 Å². The molecular formula is C14H22N2. The second-order valence-electron chi connectivity index (χ2n) is 4.74. The highest BCUT2D eigenvalue weighted by molar-refractivity contribution is 6.04. The third-order valence-electron chi connectivity index (χ3n) is 2.84. The van der Waals surface area contributed by atoms with Crippen LogP contribution in [0, 0.1) is 11.3 Å². The van der Waals surface area contributed by atoms with E-state index in [0.717, 1.165) is 11.3 Å². The van der Waals surface area contributed by atoms with E-state index in [-0.39, 0.29) is 5.92 Å². The Morgan fingerprint density at radius 1 is 1.19 bits per heavy atom. The molecule has 0 saturated carbocycles. The van der Waals surface area contributed by atoms with Gasteiger partial charge in [0.25, 0.3) is 0 Å². The minimum absolute atomic E-state index is 0.259. The van der Waals surface area contributed by atoms with Crippen LogP contribution in [0.3, 0.4) is 0 Å². The Morgan fingerprint density at radius 3 is 2.25 bits per heavy atom. The zero-order valence-electron chi connectivity index (χ0n) is 10.9. The highest BCUT2D eigenvalue weighted by atomic mass is 14.8. The Labute approximate surface area is 98.6 Å². The number of anilines is 1. The molecule has 0 radical (unpaired) electrons. The number of hydrogen-bond donors (Lipinski definition) is 2. The molecule has 0 amide bonds. The normalized spacial score (nSPS) is 10.9. The van der Waals surface area contributed by atoms with E-state index in [2.05, 4.69) is 39.1 Å². The van der Waals surface area contributed by atoms with Gasteiger partial charge in [-0.15, -0.1) is 0 Å². The van der Waals surface area contributed by atoms with E-state index in [0.29, 0.717) is 11.6 Å². The van der Waals surface area contributed by atoms with Crippen LogP contribution in [0.25, 0.3) is 0 Å².